The van der Waals surface area contributed by atoms with Crippen molar-refractivity contribution in [3.05, 3.63) is 114 Å². The zero-order chi connectivity index (χ0) is 23.8. The monoisotopic (exact) mass is 453 g/mol. The molecule has 4 aromatic rings. The highest BCUT2D eigenvalue weighted by molar-refractivity contribution is 6.04. The van der Waals surface area contributed by atoms with Crippen LogP contribution in [-0.4, -0.2) is 12.5 Å². The topological polar surface area (TPSA) is 56.8 Å². The van der Waals surface area contributed by atoms with Gasteiger partial charge in [0.2, 0.25) is 0 Å². The molecule has 0 aliphatic heterocycles. The Labute approximate surface area is 199 Å². The summed E-state index contributed by atoms with van der Waals surface area (Å²) in [7, 11) is 0. The average molecular weight is 454 g/mol. The molecular formula is C29H27NO4. The maximum atomic E-state index is 12.8. The first-order chi connectivity index (χ1) is 16.6. The van der Waals surface area contributed by atoms with Crippen LogP contribution in [0.25, 0.3) is 0 Å². The summed E-state index contributed by atoms with van der Waals surface area (Å²) < 4.78 is 17.5. The number of aryl methyl sites for hydroxylation is 1. The second-order valence-electron chi connectivity index (χ2n) is 7.76. The third-order valence-corrected chi connectivity index (χ3v) is 5.11. The number of hydrogen-bond donors (Lipinski definition) is 1. The maximum Gasteiger partial charge on any atom is 0.255 e. The van der Waals surface area contributed by atoms with Crippen molar-refractivity contribution >= 4 is 11.6 Å². The number of benzene rings is 4. The number of hydrogen-bond acceptors (Lipinski definition) is 4. The van der Waals surface area contributed by atoms with Gasteiger partial charge in [0.25, 0.3) is 5.91 Å². The van der Waals surface area contributed by atoms with E-state index in [2.05, 4.69) is 24.4 Å². The minimum absolute atomic E-state index is 0.234. The van der Waals surface area contributed by atoms with Crippen LogP contribution in [-0.2, 0) is 6.61 Å². The molecule has 0 atom stereocenters. The van der Waals surface area contributed by atoms with Crippen molar-refractivity contribution in [2.24, 2.45) is 0 Å². The van der Waals surface area contributed by atoms with E-state index in [1.807, 2.05) is 61.5 Å². The minimum atomic E-state index is -0.234. The van der Waals surface area contributed by atoms with Gasteiger partial charge in [-0.1, -0.05) is 48.0 Å². The number of ether oxygens (including phenoxy) is 3. The van der Waals surface area contributed by atoms with Crippen molar-refractivity contribution in [3.63, 3.8) is 0 Å². The zero-order valence-corrected chi connectivity index (χ0v) is 19.3. The van der Waals surface area contributed by atoms with Crippen molar-refractivity contribution < 1.29 is 19.0 Å². The Hall–Kier alpha value is -4.25. The Bertz CT molecular complexity index is 1220. The lowest BCUT2D eigenvalue weighted by Crippen LogP contribution is -2.12. The molecule has 0 aliphatic carbocycles. The summed E-state index contributed by atoms with van der Waals surface area (Å²) in [6.07, 6.45) is 0. The second kappa shape index (κ2) is 11.1. The van der Waals surface area contributed by atoms with Gasteiger partial charge in [0.1, 0.15) is 18.1 Å². The summed E-state index contributed by atoms with van der Waals surface area (Å²) in [6.45, 7) is 4.84. The molecule has 0 saturated carbocycles. The molecule has 0 heterocycles. The van der Waals surface area contributed by atoms with Gasteiger partial charge in [-0.2, -0.15) is 0 Å². The molecule has 0 aromatic heterocycles. The Morgan fingerprint density at radius 2 is 1.47 bits per heavy atom. The van der Waals surface area contributed by atoms with Crippen LogP contribution in [0, 0.1) is 6.92 Å². The van der Waals surface area contributed by atoms with Crippen LogP contribution in [0.1, 0.15) is 28.4 Å². The van der Waals surface area contributed by atoms with E-state index in [4.69, 9.17) is 14.2 Å². The highest BCUT2D eigenvalue weighted by Gasteiger charge is 2.13. The van der Waals surface area contributed by atoms with E-state index in [9.17, 15) is 4.79 Å². The molecule has 0 unspecified atom stereocenters. The standard InChI is InChI=1S/C29H27NO4/c1-3-32-28-19-23(13-18-27(28)33-20-22-11-9-21(2)10-12-22)29(31)30-24-14-16-26(17-15-24)34-25-7-5-4-6-8-25/h4-19H,3,20H2,1-2H3,(H,30,31). The fraction of sp³-hybridized carbons (Fsp3) is 0.138. The Morgan fingerprint density at radius 3 is 2.18 bits per heavy atom. The highest BCUT2D eigenvalue weighted by atomic mass is 16.5. The van der Waals surface area contributed by atoms with Gasteiger partial charge in [0, 0.05) is 11.3 Å². The number of anilines is 1. The maximum absolute atomic E-state index is 12.8. The van der Waals surface area contributed by atoms with Gasteiger partial charge in [-0.05, 0) is 74.0 Å². The number of para-hydroxylation sites is 1. The molecule has 0 bridgehead atoms. The summed E-state index contributed by atoms with van der Waals surface area (Å²) in [6, 6.07) is 30.2. The normalized spacial score (nSPS) is 10.4. The molecule has 4 rings (SSSR count). The Balaban J connectivity index is 1.41. The summed E-state index contributed by atoms with van der Waals surface area (Å²) in [5.41, 5.74) is 3.42. The number of carbonyl (C=O) groups excluding carboxylic acids is 1. The van der Waals surface area contributed by atoms with Crippen LogP contribution in [0.4, 0.5) is 5.69 Å². The number of nitrogens with one attached hydrogen (secondary N) is 1. The number of carbonyl (C=O) groups is 1. The molecule has 4 aromatic carbocycles. The van der Waals surface area contributed by atoms with Gasteiger partial charge in [-0.25, -0.2) is 0 Å². The number of amides is 1. The molecule has 1 amide bonds. The fourth-order valence-corrected chi connectivity index (χ4v) is 3.32. The molecule has 0 aliphatic rings. The van der Waals surface area contributed by atoms with Gasteiger partial charge in [0.05, 0.1) is 6.61 Å². The van der Waals surface area contributed by atoms with Gasteiger partial charge in [-0.3, -0.25) is 4.79 Å². The zero-order valence-electron chi connectivity index (χ0n) is 19.3. The van der Waals surface area contributed by atoms with Gasteiger partial charge in [-0.15, -0.1) is 0 Å². The minimum Gasteiger partial charge on any atom is -0.490 e. The number of rotatable bonds is 9. The van der Waals surface area contributed by atoms with E-state index in [1.54, 1.807) is 30.3 Å². The first kappa shape index (κ1) is 22.9. The molecule has 0 radical (unpaired) electrons. The molecule has 0 fully saturated rings. The lowest BCUT2D eigenvalue weighted by molar-refractivity contribution is 0.102. The van der Waals surface area contributed by atoms with Crippen LogP contribution in [0.15, 0.2) is 97.1 Å². The van der Waals surface area contributed by atoms with Gasteiger partial charge < -0.3 is 19.5 Å². The first-order valence-corrected chi connectivity index (χ1v) is 11.2. The summed E-state index contributed by atoms with van der Waals surface area (Å²) in [4.78, 5) is 12.8. The third-order valence-electron chi connectivity index (χ3n) is 5.11. The van der Waals surface area contributed by atoms with Crippen molar-refractivity contribution in [3.8, 4) is 23.0 Å². The van der Waals surface area contributed by atoms with E-state index in [-0.39, 0.29) is 5.91 Å². The van der Waals surface area contributed by atoms with E-state index >= 15 is 0 Å². The van der Waals surface area contributed by atoms with Crippen LogP contribution in [0.5, 0.6) is 23.0 Å². The summed E-state index contributed by atoms with van der Waals surface area (Å²) in [5, 5.41) is 2.91. The van der Waals surface area contributed by atoms with Crippen molar-refractivity contribution in [1.29, 1.82) is 0 Å². The molecule has 0 saturated heterocycles. The summed E-state index contributed by atoms with van der Waals surface area (Å²) in [5.74, 6) is 2.35. The second-order valence-corrected chi connectivity index (χ2v) is 7.76. The molecular weight excluding hydrogens is 426 g/mol. The third kappa shape index (κ3) is 6.17. The van der Waals surface area contributed by atoms with Gasteiger partial charge >= 0.3 is 0 Å². The quantitative estimate of drug-likeness (QED) is 0.296. The lowest BCUT2D eigenvalue weighted by atomic mass is 10.1. The van der Waals surface area contributed by atoms with Crippen molar-refractivity contribution in [2.45, 2.75) is 20.5 Å². The van der Waals surface area contributed by atoms with E-state index in [1.165, 1.54) is 5.56 Å². The largest absolute Gasteiger partial charge is 0.490 e. The van der Waals surface area contributed by atoms with Crippen LogP contribution in [0.3, 0.4) is 0 Å². The molecule has 1 N–H and O–H groups in total. The Kier molecular flexibility index (Phi) is 7.45. The summed E-state index contributed by atoms with van der Waals surface area (Å²) >= 11 is 0. The molecule has 5 nitrogen and oxygen atoms in total. The Morgan fingerprint density at radius 1 is 0.765 bits per heavy atom. The van der Waals surface area contributed by atoms with Crippen LogP contribution < -0.4 is 19.5 Å². The fourth-order valence-electron chi connectivity index (χ4n) is 3.32. The highest BCUT2D eigenvalue weighted by Crippen LogP contribution is 2.30. The van der Waals surface area contributed by atoms with E-state index < -0.39 is 0 Å². The van der Waals surface area contributed by atoms with E-state index in [0.29, 0.717) is 41.7 Å². The molecule has 5 heteroatoms. The SMILES string of the molecule is CCOc1cc(C(=O)Nc2ccc(Oc3ccccc3)cc2)ccc1OCc1ccc(C)cc1. The van der Waals surface area contributed by atoms with Crippen LogP contribution >= 0.6 is 0 Å². The van der Waals surface area contributed by atoms with E-state index in [0.717, 1.165) is 11.3 Å². The van der Waals surface area contributed by atoms with Gasteiger partial charge in [0.15, 0.2) is 11.5 Å². The molecule has 0 spiro atoms. The molecule has 172 valence electrons. The lowest BCUT2D eigenvalue weighted by Gasteiger charge is -2.14. The smallest absolute Gasteiger partial charge is 0.255 e. The predicted octanol–water partition coefficient (Wildman–Crippen LogP) is 7.02. The predicted molar refractivity (Wildman–Crippen MR) is 134 cm³/mol. The first-order valence-electron chi connectivity index (χ1n) is 11.2. The average Bonchev–Trinajstić information content (AvgIpc) is 2.86. The van der Waals surface area contributed by atoms with Crippen molar-refractivity contribution in [2.75, 3.05) is 11.9 Å². The molecule has 34 heavy (non-hydrogen) atoms. The van der Waals surface area contributed by atoms with Crippen molar-refractivity contribution in [1.82, 2.24) is 0 Å². The van der Waals surface area contributed by atoms with Crippen LogP contribution in [0.2, 0.25) is 0 Å².